The maximum absolute atomic E-state index is 11.9. The topological polar surface area (TPSA) is 17.1 Å². The van der Waals surface area contributed by atoms with Crippen LogP contribution in [0.1, 0.15) is 48.5 Å². The largest absolute Gasteiger partial charge is 0.299 e. The van der Waals surface area contributed by atoms with E-state index in [1.165, 1.54) is 0 Å². The molecule has 0 amide bonds. The molecule has 0 fully saturated rings. The standard InChI is InChI=1S/C12H24O/c1-8(2)10(5)12(6,7)11(13)9(3)4/h8-10H,1-7H3. The van der Waals surface area contributed by atoms with E-state index in [2.05, 4.69) is 34.6 Å². The van der Waals surface area contributed by atoms with Crippen molar-refractivity contribution in [2.45, 2.75) is 48.5 Å². The van der Waals surface area contributed by atoms with Gasteiger partial charge in [-0.25, -0.2) is 0 Å². The lowest BCUT2D eigenvalue weighted by Crippen LogP contribution is -2.36. The first-order valence-corrected chi connectivity index (χ1v) is 5.25. The number of Topliss-reactive ketones (excluding diaryl/α,β-unsaturated/α-hetero) is 1. The fourth-order valence-electron chi connectivity index (χ4n) is 1.80. The molecule has 0 aromatic heterocycles. The fourth-order valence-corrected chi connectivity index (χ4v) is 1.80. The molecule has 0 aliphatic heterocycles. The van der Waals surface area contributed by atoms with Crippen molar-refractivity contribution in [1.82, 2.24) is 0 Å². The zero-order valence-corrected chi connectivity index (χ0v) is 10.1. The molecule has 0 aliphatic rings. The Hall–Kier alpha value is -0.330. The molecule has 0 aromatic rings. The molecule has 1 unspecified atom stereocenters. The van der Waals surface area contributed by atoms with E-state index in [9.17, 15) is 4.79 Å². The number of carbonyl (C=O) groups excluding carboxylic acids is 1. The molecule has 0 aliphatic carbocycles. The van der Waals surface area contributed by atoms with Crippen molar-refractivity contribution in [3.63, 3.8) is 0 Å². The second-order valence-corrected chi connectivity index (χ2v) is 5.27. The Labute approximate surface area is 82.9 Å². The van der Waals surface area contributed by atoms with Gasteiger partial charge in [-0.15, -0.1) is 0 Å². The normalized spacial score (nSPS) is 15.2. The molecule has 0 rings (SSSR count). The first kappa shape index (κ1) is 12.7. The summed E-state index contributed by atoms with van der Waals surface area (Å²) in [6.07, 6.45) is 0. The number of rotatable bonds is 4. The highest BCUT2D eigenvalue weighted by atomic mass is 16.1. The summed E-state index contributed by atoms with van der Waals surface area (Å²) in [4.78, 5) is 11.9. The third-order valence-electron chi connectivity index (χ3n) is 3.30. The molecule has 0 bridgehead atoms. The molecule has 0 saturated heterocycles. The molecule has 0 N–H and O–H groups in total. The first-order chi connectivity index (χ1) is 5.71. The van der Waals surface area contributed by atoms with Crippen LogP contribution in [-0.2, 0) is 4.79 Å². The summed E-state index contributed by atoms with van der Waals surface area (Å²) in [7, 11) is 0. The molecule has 13 heavy (non-hydrogen) atoms. The number of hydrogen-bond donors (Lipinski definition) is 0. The molecular formula is C12H24O. The smallest absolute Gasteiger partial charge is 0.141 e. The van der Waals surface area contributed by atoms with Gasteiger partial charge in [0.1, 0.15) is 5.78 Å². The van der Waals surface area contributed by atoms with Gasteiger partial charge in [-0.1, -0.05) is 48.5 Å². The van der Waals surface area contributed by atoms with Crippen LogP contribution in [0.4, 0.5) is 0 Å². The second kappa shape index (κ2) is 4.26. The lowest BCUT2D eigenvalue weighted by atomic mass is 9.69. The Balaban J connectivity index is 4.65. The van der Waals surface area contributed by atoms with E-state index in [4.69, 9.17) is 0 Å². The quantitative estimate of drug-likeness (QED) is 0.653. The van der Waals surface area contributed by atoms with Crippen LogP contribution in [0.3, 0.4) is 0 Å². The molecular weight excluding hydrogens is 160 g/mol. The van der Waals surface area contributed by atoms with E-state index >= 15 is 0 Å². The minimum atomic E-state index is -0.178. The van der Waals surface area contributed by atoms with Gasteiger partial charge in [0.25, 0.3) is 0 Å². The molecule has 0 heterocycles. The second-order valence-electron chi connectivity index (χ2n) is 5.27. The zero-order valence-electron chi connectivity index (χ0n) is 10.1. The van der Waals surface area contributed by atoms with Gasteiger partial charge < -0.3 is 0 Å². The average molecular weight is 184 g/mol. The molecule has 0 saturated carbocycles. The van der Waals surface area contributed by atoms with Crippen LogP contribution >= 0.6 is 0 Å². The Morgan fingerprint density at radius 2 is 1.38 bits per heavy atom. The zero-order chi connectivity index (χ0) is 10.8. The van der Waals surface area contributed by atoms with Crippen molar-refractivity contribution in [1.29, 1.82) is 0 Å². The minimum absolute atomic E-state index is 0.149. The van der Waals surface area contributed by atoms with Gasteiger partial charge in [0, 0.05) is 11.3 Å². The monoisotopic (exact) mass is 184 g/mol. The van der Waals surface area contributed by atoms with Crippen molar-refractivity contribution >= 4 is 5.78 Å². The van der Waals surface area contributed by atoms with Gasteiger partial charge >= 0.3 is 0 Å². The van der Waals surface area contributed by atoms with Crippen molar-refractivity contribution in [3.8, 4) is 0 Å². The summed E-state index contributed by atoms with van der Waals surface area (Å²) in [5, 5.41) is 0. The predicted octanol–water partition coefficient (Wildman–Crippen LogP) is 3.53. The number of ketones is 1. The van der Waals surface area contributed by atoms with Crippen LogP contribution in [0.2, 0.25) is 0 Å². The van der Waals surface area contributed by atoms with E-state index in [1.54, 1.807) is 0 Å². The van der Waals surface area contributed by atoms with Crippen LogP contribution in [0, 0.1) is 23.2 Å². The van der Waals surface area contributed by atoms with Crippen molar-refractivity contribution in [2.24, 2.45) is 23.2 Å². The van der Waals surface area contributed by atoms with E-state index < -0.39 is 0 Å². The van der Waals surface area contributed by atoms with Gasteiger partial charge in [-0.3, -0.25) is 4.79 Å². The molecule has 1 heteroatoms. The van der Waals surface area contributed by atoms with Crippen LogP contribution < -0.4 is 0 Å². The first-order valence-electron chi connectivity index (χ1n) is 5.25. The molecule has 1 atom stereocenters. The maximum atomic E-state index is 11.9. The van der Waals surface area contributed by atoms with Crippen LogP contribution in [0.25, 0.3) is 0 Å². The van der Waals surface area contributed by atoms with E-state index in [0.29, 0.717) is 17.6 Å². The van der Waals surface area contributed by atoms with Gasteiger partial charge in [0.2, 0.25) is 0 Å². The summed E-state index contributed by atoms with van der Waals surface area (Å²) in [5.41, 5.74) is -0.178. The lowest BCUT2D eigenvalue weighted by molar-refractivity contribution is -0.133. The summed E-state index contributed by atoms with van der Waals surface area (Å²) in [6, 6.07) is 0. The summed E-state index contributed by atoms with van der Waals surface area (Å²) >= 11 is 0. The molecule has 0 spiro atoms. The summed E-state index contributed by atoms with van der Waals surface area (Å²) < 4.78 is 0. The number of hydrogen-bond acceptors (Lipinski definition) is 1. The van der Waals surface area contributed by atoms with Crippen LogP contribution in [0.5, 0.6) is 0 Å². The Morgan fingerprint density at radius 3 is 1.62 bits per heavy atom. The lowest BCUT2D eigenvalue weighted by Gasteiger charge is -2.34. The molecule has 1 nitrogen and oxygen atoms in total. The van der Waals surface area contributed by atoms with Crippen LogP contribution in [-0.4, -0.2) is 5.78 Å². The van der Waals surface area contributed by atoms with Crippen molar-refractivity contribution < 1.29 is 4.79 Å². The highest BCUT2D eigenvalue weighted by molar-refractivity contribution is 5.86. The van der Waals surface area contributed by atoms with Gasteiger partial charge in [0.15, 0.2) is 0 Å². The van der Waals surface area contributed by atoms with Gasteiger partial charge in [-0.2, -0.15) is 0 Å². The predicted molar refractivity (Wildman–Crippen MR) is 57.6 cm³/mol. The molecule has 0 radical (unpaired) electrons. The Morgan fingerprint density at radius 1 is 1.00 bits per heavy atom. The van der Waals surface area contributed by atoms with Crippen molar-refractivity contribution in [2.75, 3.05) is 0 Å². The van der Waals surface area contributed by atoms with Gasteiger partial charge in [-0.05, 0) is 11.8 Å². The average Bonchev–Trinajstić information content (AvgIpc) is 2.01. The number of carbonyl (C=O) groups is 1. The highest BCUT2D eigenvalue weighted by Crippen LogP contribution is 2.35. The van der Waals surface area contributed by atoms with Crippen LogP contribution in [0.15, 0.2) is 0 Å². The summed E-state index contributed by atoms with van der Waals surface area (Å²) in [6.45, 7) is 14.6. The maximum Gasteiger partial charge on any atom is 0.141 e. The SMILES string of the molecule is CC(C)C(=O)C(C)(C)C(C)C(C)C. The fraction of sp³-hybridized carbons (Fsp3) is 0.917. The Kier molecular flexibility index (Phi) is 4.15. The molecule has 78 valence electrons. The van der Waals surface area contributed by atoms with E-state index in [0.717, 1.165) is 0 Å². The molecule has 0 aromatic carbocycles. The summed E-state index contributed by atoms with van der Waals surface area (Å²) in [5.74, 6) is 1.55. The minimum Gasteiger partial charge on any atom is -0.299 e. The van der Waals surface area contributed by atoms with E-state index in [1.807, 2.05) is 13.8 Å². The highest BCUT2D eigenvalue weighted by Gasteiger charge is 2.36. The third kappa shape index (κ3) is 2.82. The third-order valence-corrected chi connectivity index (χ3v) is 3.30. The van der Waals surface area contributed by atoms with Crippen molar-refractivity contribution in [3.05, 3.63) is 0 Å². The Bertz CT molecular complexity index is 178. The van der Waals surface area contributed by atoms with E-state index in [-0.39, 0.29) is 11.3 Å². The van der Waals surface area contributed by atoms with Gasteiger partial charge in [0.05, 0.1) is 0 Å².